The second-order valence-corrected chi connectivity index (χ2v) is 4.97. The fourth-order valence-electron chi connectivity index (χ4n) is 1.67. The van der Waals surface area contributed by atoms with Crippen molar-refractivity contribution in [2.45, 2.75) is 0 Å². The van der Waals surface area contributed by atoms with E-state index in [-0.39, 0.29) is 5.56 Å². The third kappa shape index (κ3) is 4.65. The molecule has 2 rings (SSSR count). The molecule has 0 heterocycles. The van der Waals surface area contributed by atoms with Gasteiger partial charge in [0.2, 0.25) is 0 Å². The van der Waals surface area contributed by atoms with E-state index < -0.39 is 17.8 Å². The molecule has 2 aromatic rings. The highest BCUT2D eigenvalue weighted by Crippen LogP contribution is 2.20. The number of para-hydroxylation sites is 1. The topological polar surface area (TPSA) is 108 Å². The molecule has 0 saturated carbocycles. The largest absolute Gasteiger partial charge is 0.478 e. The van der Waals surface area contributed by atoms with E-state index in [1.54, 1.807) is 24.3 Å². The minimum atomic E-state index is -1.04. The lowest BCUT2D eigenvalue weighted by molar-refractivity contribution is -0.136. The van der Waals surface area contributed by atoms with Crippen LogP contribution in [0, 0.1) is 0 Å². The van der Waals surface area contributed by atoms with Crippen LogP contribution in [-0.4, -0.2) is 29.1 Å². The minimum absolute atomic E-state index is 0.135. The number of carbonyl (C=O) groups excluding carboxylic acids is 2. The number of hydrazone groups is 1. The van der Waals surface area contributed by atoms with Gasteiger partial charge in [-0.1, -0.05) is 35.9 Å². The third-order valence-electron chi connectivity index (χ3n) is 2.87. The summed E-state index contributed by atoms with van der Waals surface area (Å²) in [5.74, 6) is -2.92. The minimum Gasteiger partial charge on any atom is -0.478 e. The van der Waals surface area contributed by atoms with Crippen LogP contribution >= 0.6 is 11.6 Å². The van der Waals surface area contributed by atoms with E-state index in [4.69, 9.17) is 16.7 Å². The summed E-state index contributed by atoms with van der Waals surface area (Å²) in [7, 11) is 0. The van der Waals surface area contributed by atoms with Crippen LogP contribution in [0.3, 0.4) is 0 Å². The second-order valence-electron chi connectivity index (χ2n) is 4.56. The van der Waals surface area contributed by atoms with Crippen LogP contribution < -0.4 is 10.7 Å². The number of nitrogens with zero attached hydrogens (tertiary/aromatic N) is 1. The normalized spacial score (nSPS) is 10.4. The summed E-state index contributed by atoms with van der Waals surface area (Å²) in [6.07, 6.45) is 1.28. The molecule has 0 bridgehead atoms. The van der Waals surface area contributed by atoms with E-state index in [0.29, 0.717) is 16.3 Å². The number of hydrogen-bond donors (Lipinski definition) is 3. The molecule has 3 N–H and O–H groups in total. The summed E-state index contributed by atoms with van der Waals surface area (Å²) in [6.45, 7) is 0. The smallest absolute Gasteiger partial charge is 0.335 e. The Morgan fingerprint density at radius 3 is 2.29 bits per heavy atom. The summed E-state index contributed by atoms with van der Waals surface area (Å²) in [4.78, 5) is 34.1. The van der Waals surface area contributed by atoms with Gasteiger partial charge in [-0.15, -0.1) is 0 Å². The van der Waals surface area contributed by atoms with Gasteiger partial charge in [0.1, 0.15) is 0 Å². The molecule has 0 aliphatic rings. The van der Waals surface area contributed by atoms with Crippen LogP contribution in [0.4, 0.5) is 5.69 Å². The van der Waals surface area contributed by atoms with Crippen LogP contribution in [0.5, 0.6) is 0 Å². The summed E-state index contributed by atoms with van der Waals surface area (Å²) < 4.78 is 0. The Labute approximate surface area is 141 Å². The van der Waals surface area contributed by atoms with Crippen LogP contribution in [0.25, 0.3) is 0 Å². The summed E-state index contributed by atoms with van der Waals surface area (Å²) >= 11 is 5.87. The van der Waals surface area contributed by atoms with Crippen LogP contribution in [0.1, 0.15) is 15.9 Å². The summed E-state index contributed by atoms with van der Waals surface area (Å²) in [6, 6.07) is 12.3. The second kappa shape index (κ2) is 7.89. The highest BCUT2D eigenvalue weighted by Gasteiger charge is 2.14. The van der Waals surface area contributed by atoms with Gasteiger partial charge in [-0.3, -0.25) is 9.59 Å². The zero-order valence-corrected chi connectivity index (χ0v) is 12.9. The molecule has 7 nitrogen and oxygen atoms in total. The predicted octanol–water partition coefficient (Wildman–Crippen LogP) is 2.13. The van der Waals surface area contributed by atoms with Crippen LogP contribution in [0.15, 0.2) is 53.6 Å². The predicted molar refractivity (Wildman–Crippen MR) is 89.2 cm³/mol. The Kier molecular flexibility index (Phi) is 5.64. The average Bonchev–Trinajstić information content (AvgIpc) is 2.57. The van der Waals surface area contributed by atoms with Crippen molar-refractivity contribution in [1.82, 2.24) is 5.43 Å². The van der Waals surface area contributed by atoms with Crippen LogP contribution in [-0.2, 0) is 9.59 Å². The number of halogens is 1. The van der Waals surface area contributed by atoms with E-state index in [9.17, 15) is 14.4 Å². The van der Waals surface area contributed by atoms with Crippen molar-refractivity contribution >= 4 is 41.3 Å². The van der Waals surface area contributed by atoms with Crippen molar-refractivity contribution in [2.24, 2.45) is 5.10 Å². The number of hydrogen-bond acceptors (Lipinski definition) is 4. The first-order valence-corrected chi connectivity index (χ1v) is 7.07. The van der Waals surface area contributed by atoms with Gasteiger partial charge < -0.3 is 10.4 Å². The maximum atomic E-state index is 11.7. The van der Waals surface area contributed by atoms with E-state index in [2.05, 4.69) is 15.8 Å². The lowest BCUT2D eigenvalue weighted by Gasteiger charge is -2.05. The highest BCUT2D eigenvalue weighted by molar-refractivity contribution is 6.41. The Morgan fingerprint density at radius 2 is 1.67 bits per heavy atom. The Morgan fingerprint density at radius 1 is 1.00 bits per heavy atom. The molecule has 2 amide bonds. The molecule has 24 heavy (non-hydrogen) atoms. The fourth-order valence-corrected chi connectivity index (χ4v) is 1.85. The average molecular weight is 346 g/mol. The molecule has 0 spiro atoms. The fraction of sp³-hybridized carbons (Fsp3) is 0. The van der Waals surface area contributed by atoms with Gasteiger partial charge >= 0.3 is 17.8 Å². The highest BCUT2D eigenvalue weighted by atomic mass is 35.5. The summed E-state index contributed by atoms with van der Waals surface area (Å²) in [5.41, 5.74) is 3.08. The van der Waals surface area contributed by atoms with E-state index >= 15 is 0 Å². The molecule has 2 aromatic carbocycles. The number of carboxylic acids is 1. The SMILES string of the molecule is O=C(N/N=C\c1ccc(C(=O)O)cc1)C(=O)Nc1ccccc1Cl. The molecule has 122 valence electrons. The number of carboxylic acid groups (broad SMARTS) is 1. The van der Waals surface area contributed by atoms with Crippen molar-refractivity contribution in [3.8, 4) is 0 Å². The first-order chi connectivity index (χ1) is 11.5. The van der Waals surface area contributed by atoms with Gasteiger partial charge in [-0.05, 0) is 29.8 Å². The maximum absolute atomic E-state index is 11.7. The van der Waals surface area contributed by atoms with Gasteiger partial charge in [0.15, 0.2) is 0 Å². The number of aromatic carboxylic acids is 1. The van der Waals surface area contributed by atoms with Crippen molar-refractivity contribution in [1.29, 1.82) is 0 Å². The Balaban J connectivity index is 1.91. The molecule has 0 atom stereocenters. The lowest BCUT2D eigenvalue weighted by atomic mass is 10.1. The molecular weight excluding hydrogens is 334 g/mol. The van der Waals surface area contributed by atoms with Gasteiger partial charge in [0.05, 0.1) is 22.5 Å². The van der Waals surface area contributed by atoms with Crippen molar-refractivity contribution < 1.29 is 19.5 Å². The molecule has 0 aliphatic carbocycles. The molecule has 0 saturated heterocycles. The number of carbonyl (C=O) groups is 3. The molecule has 0 aromatic heterocycles. The van der Waals surface area contributed by atoms with Gasteiger partial charge in [-0.2, -0.15) is 5.10 Å². The Bertz CT molecular complexity index is 803. The van der Waals surface area contributed by atoms with Gasteiger partial charge in [-0.25, -0.2) is 10.2 Å². The standard InChI is InChI=1S/C16H12ClN3O4/c17-12-3-1-2-4-13(12)19-14(21)15(22)20-18-9-10-5-7-11(8-6-10)16(23)24/h1-9H,(H,19,21)(H,20,22)(H,23,24)/b18-9-. The first kappa shape index (κ1) is 17.2. The zero-order valence-electron chi connectivity index (χ0n) is 12.2. The molecule has 0 aliphatic heterocycles. The van der Waals surface area contributed by atoms with Gasteiger partial charge in [0, 0.05) is 0 Å². The van der Waals surface area contributed by atoms with Gasteiger partial charge in [0.25, 0.3) is 0 Å². The zero-order chi connectivity index (χ0) is 17.5. The lowest BCUT2D eigenvalue weighted by Crippen LogP contribution is -2.32. The quantitative estimate of drug-likeness (QED) is 0.448. The molecule has 8 heteroatoms. The van der Waals surface area contributed by atoms with Crippen molar-refractivity contribution in [2.75, 3.05) is 5.32 Å². The summed E-state index contributed by atoms with van der Waals surface area (Å²) in [5, 5.41) is 15.1. The number of nitrogens with one attached hydrogen (secondary N) is 2. The van der Waals surface area contributed by atoms with Crippen LogP contribution in [0.2, 0.25) is 5.02 Å². The van der Waals surface area contributed by atoms with E-state index in [1.807, 2.05) is 0 Å². The Hall–Kier alpha value is -3.19. The van der Waals surface area contributed by atoms with Crippen molar-refractivity contribution in [3.05, 3.63) is 64.7 Å². The number of anilines is 1. The molecule has 0 radical (unpaired) electrons. The number of amides is 2. The third-order valence-corrected chi connectivity index (χ3v) is 3.20. The monoisotopic (exact) mass is 345 g/mol. The van der Waals surface area contributed by atoms with E-state index in [0.717, 1.165) is 0 Å². The van der Waals surface area contributed by atoms with E-state index in [1.165, 1.54) is 30.5 Å². The number of benzene rings is 2. The first-order valence-electron chi connectivity index (χ1n) is 6.69. The maximum Gasteiger partial charge on any atom is 0.335 e. The van der Waals surface area contributed by atoms with Crippen molar-refractivity contribution in [3.63, 3.8) is 0 Å². The molecule has 0 fully saturated rings. The molecule has 0 unspecified atom stereocenters. The molecular formula is C16H12ClN3O4. The number of rotatable bonds is 4.